The summed E-state index contributed by atoms with van der Waals surface area (Å²) in [6, 6.07) is 15.6. The highest BCUT2D eigenvalue weighted by Crippen LogP contribution is 2.37. The van der Waals surface area contributed by atoms with Crippen LogP contribution in [0.3, 0.4) is 0 Å². The molecule has 0 aliphatic carbocycles. The smallest absolute Gasteiger partial charge is 0.290 e. The number of methoxy groups -OCH3 is 1. The van der Waals surface area contributed by atoms with Crippen LogP contribution in [0.15, 0.2) is 52.9 Å². The summed E-state index contributed by atoms with van der Waals surface area (Å²) < 4.78 is 11.3. The highest BCUT2D eigenvalue weighted by atomic mass is 16.5. The second kappa shape index (κ2) is 6.04. The zero-order chi connectivity index (χ0) is 16.5. The standard InChI is InChI=1S/C20H19NO3/c1-23-15-9-10-16-17(13-15)24-19(20(22)21-11-5-6-12-21)18(16)14-7-3-2-4-8-14/h2-4,7-10,13H,5-6,11-12H2,1H3. The largest absolute Gasteiger partial charge is 0.497 e. The Morgan fingerprint density at radius 2 is 1.83 bits per heavy atom. The zero-order valence-corrected chi connectivity index (χ0v) is 13.6. The van der Waals surface area contributed by atoms with Crippen molar-refractivity contribution in [2.75, 3.05) is 20.2 Å². The lowest BCUT2D eigenvalue weighted by Gasteiger charge is -2.14. The van der Waals surface area contributed by atoms with E-state index in [1.165, 1.54) is 0 Å². The van der Waals surface area contributed by atoms with Crippen LogP contribution in [0.2, 0.25) is 0 Å². The van der Waals surface area contributed by atoms with E-state index in [4.69, 9.17) is 9.15 Å². The molecular weight excluding hydrogens is 302 g/mol. The van der Waals surface area contributed by atoms with E-state index in [0.717, 1.165) is 48.2 Å². The Labute approximate surface area is 140 Å². The summed E-state index contributed by atoms with van der Waals surface area (Å²) in [7, 11) is 1.62. The van der Waals surface area contributed by atoms with E-state index >= 15 is 0 Å². The third-order valence-electron chi connectivity index (χ3n) is 4.55. The number of rotatable bonds is 3. The van der Waals surface area contributed by atoms with Crippen LogP contribution in [-0.4, -0.2) is 31.0 Å². The van der Waals surface area contributed by atoms with Crippen molar-refractivity contribution >= 4 is 16.9 Å². The van der Waals surface area contributed by atoms with Gasteiger partial charge in [-0.25, -0.2) is 0 Å². The topological polar surface area (TPSA) is 42.7 Å². The summed E-state index contributed by atoms with van der Waals surface area (Å²) >= 11 is 0. The lowest BCUT2D eigenvalue weighted by molar-refractivity contribution is 0.0764. The van der Waals surface area contributed by atoms with Gasteiger partial charge in [-0.1, -0.05) is 30.3 Å². The Balaban J connectivity index is 1.92. The Hall–Kier alpha value is -2.75. The molecule has 1 aliphatic heterocycles. The lowest BCUT2D eigenvalue weighted by atomic mass is 10.0. The molecule has 4 nitrogen and oxygen atoms in total. The van der Waals surface area contributed by atoms with Crippen LogP contribution >= 0.6 is 0 Å². The van der Waals surface area contributed by atoms with Gasteiger partial charge in [-0.05, 0) is 30.5 Å². The summed E-state index contributed by atoms with van der Waals surface area (Å²) in [6.07, 6.45) is 2.11. The van der Waals surface area contributed by atoms with Crippen LogP contribution in [0.5, 0.6) is 5.75 Å². The molecule has 0 atom stereocenters. The molecule has 1 amide bonds. The molecule has 0 bridgehead atoms. The van der Waals surface area contributed by atoms with Gasteiger partial charge in [0.05, 0.1) is 7.11 Å². The van der Waals surface area contributed by atoms with Crippen LogP contribution in [-0.2, 0) is 0 Å². The summed E-state index contributed by atoms with van der Waals surface area (Å²) in [5, 5.41) is 0.935. The lowest BCUT2D eigenvalue weighted by Crippen LogP contribution is -2.27. The first-order valence-electron chi connectivity index (χ1n) is 8.23. The number of amides is 1. The second-order valence-corrected chi connectivity index (χ2v) is 6.03. The highest BCUT2D eigenvalue weighted by molar-refractivity contribution is 6.08. The predicted molar refractivity (Wildman–Crippen MR) is 93.3 cm³/mol. The second-order valence-electron chi connectivity index (χ2n) is 6.03. The number of benzene rings is 2. The molecular formula is C20H19NO3. The first-order chi connectivity index (χ1) is 11.8. The molecule has 0 saturated carbocycles. The number of carbonyl (C=O) groups excluding carboxylic acids is 1. The van der Waals surface area contributed by atoms with Gasteiger partial charge < -0.3 is 14.1 Å². The summed E-state index contributed by atoms with van der Waals surface area (Å²) in [5.41, 5.74) is 2.53. The van der Waals surface area contributed by atoms with Crippen LogP contribution in [0.1, 0.15) is 23.4 Å². The SMILES string of the molecule is COc1ccc2c(-c3ccccc3)c(C(=O)N3CCCC3)oc2c1. The van der Waals surface area contributed by atoms with Gasteiger partial charge in [0.1, 0.15) is 11.3 Å². The van der Waals surface area contributed by atoms with Crippen molar-refractivity contribution in [3.63, 3.8) is 0 Å². The zero-order valence-electron chi connectivity index (χ0n) is 13.6. The maximum Gasteiger partial charge on any atom is 0.290 e. The molecule has 24 heavy (non-hydrogen) atoms. The van der Waals surface area contributed by atoms with Gasteiger partial charge in [-0.2, -0.15) is 0 Å². The number of carbonyl (C=O) groups is 1. The average molecular weight is 321 g/mol. The number of furan rings is 1. The molecule has 0 N–H and O–H groups in total. The van der Waals surface area contributed by atoms with E-state index in [0.29, 0.717) is 11.3 Å². The minimum absolute atomic E-state index is 0.0264. The molecule has 2 aromatic carbocycles. The fourth-order valence-electron chi connectivity index (χ4n) is 3.31. The fraction of sp³-hybridized carbons (Fsp3) is 0.250. The van der Waals surface area contributed by atoms with Crippen LogP contribution in [0.25, 0.3) is 22.1 Å². The minimum Gasteiger partial charge on any atom is -0.497 e. The molecule has 4 rings (SSSR count). The van der Waals surface area contributed by atoms with Crippen LogP contribution < -0.4 is 4.74 Å². The summed E-state index contributed by atoms with van der Waals surface area (Å²) in [6.45, 7) is 1.60. The molecule has 3 aromatic rings. The molecule has 0 spiro atoms. The molecule has 2 heterocycles. The Kier molecular flexibility index (Phi) is 3.73. The predicted octanol–water partition coefficient (Wildman–Crippen LogP) is 4.34. The van der Waals surface area contributed by atoms with Gasteiger partial charge in [-0.15, -0.1) is 0 Å². The number of hydrogen-bond acceptors (Lipinski definition) is 3. The van der Waals surface area contributed by atoms with Gasteiger partial charge in [0.25, 0.3) is 5.91 Å². The van der Waals surface area contributed by atoms with Crippen molar-refractivity contribution in [1.82, 2.24) is 4.90 Å². The van der Waals surface area contributed by atoms with Crippen molar-refractivity contribution in [3.8, 4) is 16.9 Å². The Morgan fingerprint density at radius 1 is 1.08 bits per heavy atom. The van der Waals surface area contributed by atoms with E-state index in [2.05, 4.69) is 0 Å². The van der Waals surface area contributed by atoms with Gasteiger partial charge in [0.2, 0.25) is 5.76 Å². The van der Waals surface area contributed by atoms with Crippen molar-refractivity contribution < 1.29 is 13.9 Å². The summed E-state index contributed by atoms with van der Waals surface area (Å²) in [4.78, 5) is 14.8. The minimum atomic E-state index is -0.0264. The van der Waals surface area contributed by atoms with E-state index < -0.39 is 0 Å². The van der Waals surface area contributed by atoms with Gasteiger partial charge >= 0.3 is 0 Å². The number of hydrogen-bond donors (Lipinski definition) is 0. The van der Waals surface area contributed by atoms with Crippen molar-refractivity contribution in [1.29, 1.82) is 0 Å². The van der Waals surface area contributed by atoms with Crippen molar-refractivity contribution in [2.45, 2.75) is 12.8 Å². The molecule has 1 saturated heterocycles. The molecule has 0 radical (unpaired) electrons. The number of ether oxygens (including phenoxy) is 1. The van der Waals surface area contributed by atoms with Gasteiger partial charge in [-0.3, -0.25) is 4.79 Å². The van der Waals surface area contributed by atoms with Gasteiger partial charge in [0.15, 0.2) is 0 Å². The van der Waals surface area contributed by atoms with Crippen LogP contribution in [0.4, 0.5) is 0 Å². The first-order valence-corrected chi connectivity index (χ1v) is 8.23. The molecule has 122 valence electrons. The molecule has 1 aliphatic rings. The van der Waals surface area contributed by atoms with E-state index in [9.17, 15) is 4.79 Å². The van der Waals surface area contributed by atoms with Gasteiger partial charge in [0, 0.05) is 30.1 Å². The summed E-state index contributed by atoms with van der Waals surface area (Å²) in [5.74, 6) is 1.11. The first kappa shape index (κ1) is 14.8. The molecule has 4 heteroatoms. The Bertz CT molecular complexity index is 877. The van der Waals surface area contributed by atoms with Crippen molar-refractivity contribution in [3.05, 3.63) is 54.3 Å². The third-order valence-corrected chi connectivity index (χ3v) is 4.55. The fourth-order valence-corrected chi connectivity index (χ4v) is 3.31. The van der Waals surface area contributed by atoms with Crippen LogP contribution in [0, 0.1) is 0 Å². The normalized spacial score (nSPS) is 14.3. The quantitative estimate of drug-likeness (QED) is 0.720. The van der Waals surface area contributed by atoms with Crippen molar-refractivity contribution in [2.24, 2.45) is 0 Å². The molecule has 1 aromatic heterocycles. The third kappa shape index (κ3) is 2.44. The monoisotopic (exact) mass is 321 g/mol. The molecule has 0 unspecified atom stereocenters. The maximum absolute atomic E-state index is 13.0. The molecule has 1 fully saturated rings. The van der Waals surface area contributed by atoms with E-state index in [-0.39, 0.29) is 5.91 Å². The Morgan fingerprint density at radius 3 is 2.54 bits per heavy atom. The maximum atomic E-state index is 13.0. The van der Waals surface area contributed by atoms with E-state index in [1.807, 2.05) is 53.4 Å². The number of nitrogens with zero attached hydrogens (tertiary/aromatic N) is 1. The van der Waals surface area contributed by atoms with E-state index in [1.54, 1.807) is 7.11 Å². The number of likely N-dealkylation sites (tertiary alicyclic amines) is 1. The average Bonchev–Trinajstić information content (AvgIpc) is 3.29. The number of fused-ring (bicyclic) bond motifs is 1. The highest BCUT2D eigenvalue weighted by Gasteiger charge is 2.27.